The normalized spacial score (nSPS) is 20.1. The number of alkyl halides is 1. The number of ether oxygens (including phenoxy) is 1. The predicted molar refractivity (Wildman–Crippen MR) is 91.1 cm³/mol. The van der Waals surface area contributed by atoms with Gasteiger partial charge in [0, 0.05) is 24.5 Å². The van der Waals surface area contributed by atoms with Crippen molar-refractivity contribution in [1.29, 1.82) is 0 Å². The maximum Gasteiger partial charge on any atom is 0.265 e. The molecule has 3 aromatic rings. The van der Waals surface area contributed by atoms with Gasteiger partial charge in [0.15, 0.2) is 5.82 Å². The third-order valence-electron chi connectivity index (χ3n) is 4.30. The number of nitrogens with zero attached hydrogens (tertiary/aromatic N) is 3. The van der Waals surface area contributed by atoms with Crippen molar-refractivity contribution >= 4 is 17.4 Å². The van der Waals surface area contributed by atoms with Gasteiger partial charge in [-0.15, -0.1) is 0 Å². The largest absolute Gasteiger partial charge is 0.377 e. The summed E-state index contributed by atoms with van der Waals surface area (Å²) in [6.45, 7) is 1.98. The molecule has 0 radical (unpaired) electrons. The molecule has 4 rings (SSSR count). The Morgan fingerprint density at radius 3 is 2.96 bits per heavy atom. The number of hydrogen-bond donors (Lipinski definition) is 1. The second kappa shape index (κ2) is 5.93. The molecule has 1 N–H and O–H groups in total. The Kier molecular flexibility index (Phi) is 3.73. The van der Waals surface area contributed by atoms with Gasteiger partial charge in [0.2, 0.25) is 5.67 Å². The Balaban J connectivity index is 1.61. The zero-order valence-corrected chi connectivity index (χ0v) is 13.7. The summed E-state index contributed by atoms with van der Waals surface area (Å²) in [5, 5.41) is 2.55. The first-order chi connectivity index (χ1) is 12.0. The lowest BCUT2D eigenvalue weighted by molar-refractivity contribution is -0.127. The third kappa shape index (κ3) is 2.98. The van der Waals surface area contributed by atoms with Crippen molar-refractivity contribution in [3.63, 3.8) is 0 Å². The number of fused-ring (bicyclic) bond motifs is 1. The molecule has 128 valence electrons. The molecule has 1 amide bonds. The van der Waals surface area contributed by atoms with E-state index in [9.17, 15) is 9.18 Å². The van der Waals surface area contributed by atoms with Gasteiger partial charge in [-0.25, -0.2) is 9.37 Å². The maximum absolute atomic E-state index is 14.4. The van der Waals surface area contributed by atoms with E-state index in [0.717, 1.165) is 16.8 Å². The highest BCUT2D eigenvalue weighted by Crippen LogP contribution is 2.26. The number of carbonyl (C=O) groups excluding carboxylic acids is 1. The Labute approximate surface area is 143 Å². The molecule has 0 aliphatic carbocycles. The molecule has 0 spiro atoms. The standard InChI is InChI=1S/C18H17FN4O2/c1-12-8-13(4-6-20-12)14-2-3-16-21-15(10-23(16)9-14)22-17(24)18(19)5-7-25-11-18/h2-4,6,8-10H,5,7,11H2,1H3,(H,22,24). The average molecular weight is 340 g/mol. The number of aryl methyl sites for hydroxylation is 1. The Morgan fingerprint density at radius 2 is 2.20 bits per heavy atom. The molecule has 0 bridgehead atoms. The lowest BCUT2D eigenvalue weighted by Gasteiger charge is -2.15. The molecule has 1 aliphatic heterocycles. The second-order valence-corrected chi connectivity index (χ2v) is 6.22. The van der Waals surface area contributed by atoms with Gasteiger partial charge < -0.3 is 14.5 Å². The van der Waals surface area contributed by atoms with Crippen LogP contribution >= 0.6 is 0 Å². The van der Waals surface area contributed by atoms with E-state index in [1.165, 1.54) is 0 Å². The summed E-state index contributed by atoms with van der Waals surface area (Å²) in [5.41, 5.74) is 1.66. The summed E-state index contributed by atoms with van der Waals surface area (Å²) in [6.07, 6.45) is 5.41. The molecule has 6 nitrogen and oxygen atoms in total. The summed E-state index contributed by atoms with van der Waals surface area (Å²) in [7, 11) is 0. The fourth-order valence-electron chi connectivity index (χ4n) is 2.90. The van der Waals surface area contributed by atoms with Crippen molar-refractivity contribution in [2.75, 3.05) is 18.5 Å². The fraction of sp³-hybridized carbons (Fsp3) is 0.278. The highest BCUT2D eigenvalue weighted by Gasteiger charge is 2.42. The zero-order valence-electron chi connectivity index (χ0n) is 13.7. The molecular formula is C18H17FN4O2. The number of imidazole rings is 1. The van der Waals surface area contributed by atoms with E-state index in [0.29, 0.717) is 11.5 Å². The number of aromatic nitrogens is 3. The first-order valence-corrected chi connectivity index (χ1v) is 8.03. The lowest BCUT2D eigenvalue weighted by Crippen LogP contribution is -2.39. The van der Waals surface area contributed by atoms with Crippen LogP contribution in [-0.4, -0.2) is 39.2 Å². The van der Waals surface area contributed by atoms with Gasteiger partial charge in [-0.2, -0.15) is 0 Å². The van der Waals surface area contributed by atoms with E-state index >= 15 is 0 Å². The van der Waals surface area contributed by atoms with Gasteiger partial charge in [0.1, 0.15) is 5.65 Å². The minimum absolute atomic E-state index is 0.0672. The van der Waals surface area contributed by atoms with Gasteiger partial charge in [0.05, 0.1) is 19.4 Å². The van der Waals surface area contributed by atoms with Crippen molar-refractivity contribution in [3.8, 4) is 11.1 Å². The second-order valence-electron chi connectivity index (χ2n) is 6.22. The Hall–Kier alpha value is -2.80. The molecule has 1 fully saturated rings. The number of anilines is 1. The molecular weight excluding hydrogens is 323 g/mol. The smallest absolute Gasteiger partial charge is 0.265 e. The van der Waals surface area contributed by atoms with Crippen LogP contribution in [0.5, 0.6) is 0 Å². The number of halogens is 1. The summed E-state index contributed by atoms with van der Waals surface area (Å²) in [6, 6.07) is 7.73. The summed E-state index contributed by atoms with van der Waals surface area (Å²) < 4.78 is 21.2. The number of nitrogens with one attached hydrogen (secondary N) is 1. The minimum Gasteiger partial charge on any atom is -0.377 e. The zero-order chi connectivity index (χ0) is 17.4. The lowest BCUT2D eigenvalue weighted by atomic mass is 10.1. The van der Waals surface area contributed by atoms with Crippen molar-refractivity contribution in [1.82, 2.24) is 14.4 Å². The number of amides is 1. The van der Waals surface area contributed by atoms with Crippen molar-refractivity contribution in [2.45, 2.75) is 19.0 Å². The number of hydrogen-bond acceptors (Lipinski definition) is 4. The molecule has 1 atom stereocenters. The molecule has 4 heterocycles. The number of carbonyl (C=O) groups is 1. The quantitative estimate of drug-likeness (QED) is 0.796. The van der Waals surface area contributed by atoms with E-state index in [1.807, 2.05) is 37.4 Å². The predicted octanol–water partition coefficient (Wildman–Crippen LogP) is 2.77. The van der Waals surface area contributed by atoms with Crippen molar-refractivity contribution in [2.24, 2.45) is 0 Å². The SMILES string of the molecule is Cc1cc(-c2ccc3nc(NC(=O)C4(F)CCOC4)cn3c2)ccn1. The Morgan fingerprint density at radius 1 is 1.32 bits per heavy atom. The number of pyridine rings is 2. The van der Waals surface area contributed by atoms with E-state index in [1.54, 1.807) is 16.8 Å². The molecule has 1 saturated heterocycles. The average Bonchev–Trinajstić information content (AvgIpc) is 3.20. The van der Waals surface area contributed by atoms with Crippen LogP contribution in [0.15, 0.2) is 42.9 Å². The van der Waals surface area contributed by atoms with E-state index in [-0.39, 0.29) is 19.6 Å². The molecule has 1 aliphatic rings. The highest BCUT2D eigenvalue weighted by molar-refractivity contribution is 5.97. The molecule has 0 saturated carbocycles. The topological polar surface area (TPSA) is 68.5 Å². The van der Waals surface area contributed by atoms with Crippen LogP contribution in [0.25, 0.3) is 16.8 Å². The van der Waals surface area contributed by atoms with Gasteiger partial charge >= 0.3 is 0 Å². The maximum atomic E-state index is 14.4. The monoisotopic (exact) mass is 340 g/mol. The van der Waals surface area contributed by atoms with Crippen LogP contribution in [0, 0.1) is 6.92 Å². The highest BCUT2D eigenvalue weighted by atomic mass is 19.1. The molecule has 25 heavy (non-hydrogen) atoms. The van der Waals surface area contributed by atoms with Gasteiger partial charge in [-0.1, -0.05) is 0 Å². The number of rotatable bonds is 3. The van der Waals surface area contributed by atoms with Crippen LogP contribution in [0.1, 0.15) is 12.1 Å². The molecule has 0 aromatic carbocycles. The van der Waals surface area contributed by atoms with Gasteiger partial charge in [-0.3, -0.25) is 9.78 Å². The van der Waals surface area contributed by atoms with Crippen LogP contribution in [0.4, 0.5) is 10.2 Å². The van der Waals surface area contributed by atoms with Crippen LogP contribution < -0.4 is 5.32 Å². The minimum atomic E-state index is -1.98. The summed E-state index contributed by atoms with van der Waals surface area (Å²) in [5.74, 6) is -0.393. The van der Waals surface area contributed by atoms with Gasteiger partial charge in [-0.05, 0) is 42.3 Å². The first kappa shape index (κ1) is 15.7. The van der Waals surface area contributed by atoms with Crippen LogP contribution in [0.3, 0.4) is 0 Å². The Bertz CT molecular complexity index is 947. The van der Waals surface area contributed by atoms with Crippen LogP contribution in [-0.2, 0) is 9.53 Å². The first-order valence-electron chi connectivity index (χ1n) is 8.03. The summed E-state index contributed by atoms with van der Waals surface area (Å²) in [4.78, 5) is 20.6. The van der Waals surface area contributed by atoms with Crippen LogP contribution in [0.2, 0.25) is 0 Å². The van der Waals surface area contributed by atoms with Crippen molar-refractivity contribution < 1.29 is 13.9 Å². The molecule has 7 heteroatoms. The van der Waals surface area contributed by atoms with Crippen molar-refractivity contribution in [3.05, 3.63) is 48.5 Å². The molecule has 3 aromatic heterocycles. The van der Waals surface area contributed by atoms with Gasteiger partial charge in [0.25, 0.3) is 5.91 Å². The summed E-state index contributed by atoms with van der Waals surface area (Å²) >= 11 is 0. The van der Waals surface area contributed by atoms with E-state index in [4.69, 9.17) is 4.74 Å². The van der Waals surface area contributed by atoms with E-state index in [2.05, 4.69) is 15.3 Å². The molecule has 1 unspecified atom stereocenters. The third-order valence-corrected chi connectivity index (χ3v) is 4.30. The van der Waals surface area contributed by atoms with E-state index < -0.39 is 11.6 Å². The fourth-order valence-corrected chi connectivity index (χ4v) is 2.90.